The Hall–Kier alpha value is -2.08. The molecule has 2 aliphatic rings. The van der Waals surface area contributed by atoms with Gasteiger partial charge in [-0.3, -0.25) is 9.59 Å². The minimum atomic E-state index is -0.117. The standard InChI is InChI=1S/C14H16N2O4/c1-15-11-8-10(2-3-12(11)20-9-13(15)17)14(18)16-4-6-19-7-5-16/h2-3,8H,4-7,9H2,1H3. The van der Waals surface area contributed by atoms with Gasteiger partial charge in [0, 0.05) is 25.7 Å². The summed E-state index contributed by atoms with van der Waals surface area (Å²) in [5, 5.41) is 0. The molecule has 0 bridgehead atoms. The first-order valence-electron chi connectivity index (χ1n) is 6.57. The van der Waals surface area contributed by atoms with E-state index in [1.165, 1.54) is 4.90 Å². The normalized spacial score (nSPS) is 18.6. The highest BCUT2D eigenvalue weighted by Gasteiger charge is 2.25. The smallest absolute Gasteiger partial charge is 0.264 e. The van der Waals surface area contributed by atoms with Crippen LogP contribution in [0.4, 0.5) is 5.69 Å². The molecule has 0 unspecified atom stereocenters. The Morgan fingerprint density at radius 3 is 2.75 bits per heavy atom. The van der Waals surface area contributed by atoms with Gasteiger partial charge in [0.05, 0.1) is 18.9 Å². The quantitative estimate of drug-likeness (QED) is 0.750. The molecule has 1 saturated heterocycles. The van der Waals surface area contributed by atoms with Crippen molar-refractivity contribution in [3.8, 4) is 5.75 Å². The summed E-state index contributed by atoms with van der Waals surface area (Å²) in [4.78, 5) is 27.3. The van der Waals surface area contributed by atoms with E-state index in [-0.39, 0.29) is 18.4 Å². The summed E-state index contributed by atoms with van der Waals surface area (Å²) in [6.07, 6.45) is 0. The maximum absolute atomic E-state index is 12.4. The van der Waals surface area contributed by atoms with Crippen LogP contribution >= 0.6 is 0 Å². The minimum Gasteiger partial charge on any atom is -0.482 e. The lowest BCUT2D eigenvalue weighted by molar-refractivity contribution is -0.120. The van der Waals surface area contributed by atoms with Gasteiger partial charge in [-0.25, -0.2) is 0 Å². The summed E-state index contributed by atoms with van der Waals surface area (Å²) in [5.41, 5.74) is 1.20. The Kier molecular flexibility index (Phi) is 3.31. The van der Waals surface area contributed by atoms with Crippen LogP contribution in [-0.4, -0.2) is 56.7 Å². The number of likely N-dealkylation sites (N-methyl/N-ethyl adjacent to an activating group) is 1. The van der Waals surface area contributed by atoms with Crippen LogP contribution in [0, 0.1) is 0 Å². The number of ether oxygens (including phenoxy) is 2. The van der Waals surface area contributed by atoms with Crippen molar-refractivity contribution in [1.82, 2.24) is 4.90 Å². The maximum Gasteiger partial charge on any atom is 0.264 e. The number of fused-ring (bicyclic) bond motifs is 1. The molecule has 2 aliphatic heterocycles. The van der Waals surface area contributed by atoms with Crippen LogP contribution in [0.5, 0.6) is 5.75 Å². The highest BCUT2D eigenvalue weighted by molar-refractivity contribution is 6.01. The zero-order valence-corrected chi connectivity index (χ0v) is 11.3. The van der Waals surface area contributed by atoms with Crippen molar-refractivity contribution in [2.24, 2.45) is 0 Å². The van der Waals surface area contributed by atoms with Crippen molar-refractivity contribution in [3.05, 3.63) is 23.8 Å². The third kappa shape index (κ3) is 2.22. The molecule has 0 atom stereocenters. The van der Waals surface area contributed by atoms with Crippen LogP contribution < -0.4 is 9.64 Å². The van der Waals surface area contributed by atoms with Crippen molar-refractivity contribution in [2.45, 2.75) is 0 Å². The van der Waals surface area contributed by atoms with Gasteiger partial charge in [-0.2, -0.15) is 0 Å². The lowest BCUT2D eigenvalue weighted by Gasteiger charge is -2.29. The Morgan fingerprint density at radius 1 is 1.25 bits per heavy atom. The highest BCUT2D eigenvalue weighted by atomic mass is 16.5. The fourth-order valence-electron chi connectivity index (χ4n) is 2.35. The first-order valence-corrected chi connectivity index (χ1v) is 6.57. The van der Waals surface area contributed by atoms with E-state index in [0.717, 1.165) is 0 Å². The molecule has 106 valence electrons. The monoisotopic (exact) mass is 276 g/mol. The summed E-state index contributed by atoms with van der Waals surface area (Å²) in [7, 11) is 1.69. The van der Waals surface area contributed by atoms with Crippen LogP contribution in [0.25, 0.3) is 0 Å². The summed E-state index contributed by atoms with van der Waals surface area (Å²) in [5.74, 6) is 0.474. The second-order valence-electron chi connectivity index (χ2n) is 4.83. The van der Waals surface area contributed by atoms with Crippen LogP contribution in [0.15, 0.2) is 18.2 Å². The molecule has 2 heterocycles. The van der Waals surface area contributed by atoms with Crippen LogP contribution in [0.3, 0.4) is 0 Å². The van der Waals surface area contributed by atoms with Crippen molar-refractivity contribution in [2.75, 3.05) is 44.9 Å². The molecule has 0 radical (unpaired) electrons. The van der Waals surface area contributed by atoms with E-state index >= 15 is 0 Å². The second-order valence-corrected chi connectivity index (χ2v) is 4.83. The summed E-state index contributed by atoms with van der Waals surface area (Å²) < 4.78 is 10.6. The van der Waals surface area contributed by atoms with E-state index < -0.39 is 0 Å². The zero-order chi connectivity index (χ0) is 14.1. The molecule has 6 heteroatoms. The highest BCUT2D eigenvalue weighted by Crippen LogP contribution is 2.32. The minimum absolute atomic E-state index is 0.0393. The molecule has 0 aliphatic carbocycles. The fraction of sp³-hybridized carbons (Fsp3) is 0.429. The molecule has 1 aromatic rings. The summed E-state index contributed by atoms with van der Waals surface area (Å²) >= 11 is 0. The molecule has 6 nitrogen and oxygen atoms in total. The number of benzene rings is 1. The SMILES string of the molecule is CN1C(=O)COc2ccc(C(=O)N3CCOCC3)cc21. The zero-order valence-electron chi connectivity index (χ0n) is 11.3. The number of hydrogen-bond acceptors (Lipinski definition) is 4. The van der Waals surface area contributed by atoms with E-state index in [1.807, 2.05) is 0 Å². The molecule has 20 heavy (non-hydrogen) atoms. The van der Waals surface area contributed by atoms with Gasteiger partial charge < -0.3 is 19.3 Å². The molecule has 3 rings (SSSR count). The summed E-state index contributed by atoms with van der Waals surface area (Å²) in [6.45, 7) is 2.37. The Balaban J connectivity index is 1.87. The average molecular weight is 276 g/mol. The van der Waals surface area contributed by atoms with E-state index in [0.29, 0.717) is 43.3 Å². The summed E-state index contributed by atoms with van der Waals surface area (Å²) in [6, 6.07) is 5.19. The lowest BCUT2D eigenvalue weighted by atomic mass is 10.1. The van der Waals surface area contributed by atoms with Crippen molar-refractivity contribution in [3.63, 3.8) is 0 Å². The van der Waals surface area contributed by atoms with Gasteiger partial charge in [0.1, 0.15) is 5.75 Å². The molecule has 0 aromatic heterocycles. The Labute approximate surface area is 116 Å². The van der Waals surface area contributed by atoms with Gasteiger partial charge in [-0.15, -0.1) is 0 Å². The van der Waals surface area contributed by atoms with Gasteiger partial charge in [0.15, 0.2) is 6.61 Å². The molecule has 2 amide bonds. The first kappa shape index (κ1) is 12.9. The number of amides is 2. The molecular formula is C14H16N2O4. The number of hydrogen-bond donors (Lipinski definition) is 0. The fourth-order valence-corrected chi connectivity index (χ4v) is 2.35. The topological polar surface area (TPSA) is 59.1 Å². The number of rotatable bonds is 1. The number of anilines is 1. The van der Waals surface area contributed by atoms with Crippen LogP contribution in [-0.2, 0) is 9.53 Å². The van der Waals surface area contributed by atoms with Crippen LogP contribution in [0.1, 0.15) is 10.4 Å². The predicted molar refractivity (Wildman–Crippen MR) is 72.1 cm³/mol. The number of carbonyl (C=O) groups excluding carboxylic acids is 2. The van der Waals surface area contributed by atoms with Gasteiger partial charge in [-0.1, -0.05) is 0 Å². The first-order chi connectivity index (χ1) is 9.66. The molecular weight excluding hydrogens is 260 g/mol. The number of carbonyl (C=O) groups is 2. The van der Waals surface area contributed by atoms with Crippen molar-refractivity contribution < 1.29 is 19.1 Å². The van der Waals surface area contributed by atoms with Crippen molar-refractivity contribution in [1.29, 1.82) is 0 Å². The maximum atomic E-state index is 12.4. The van der Waals surface area contributed by atoms with Gasteiger partial charge >= 0.3 is 0 Å². The molecule has 1 aromatic carbocycles. The van der Waals surface area contributed by atoms with E-state index in [9.17, 15) is 9.59 Å². The molecule has 0 spiro atoms. The largest absolute Gasteiger partial charge is 0.482 e. The van der Waals surface area contributed by atoms with Crippen molar-refractivity contribution >= 4 is 17.5 Å². The molecule has 1 fully saturated rings. The van der Waals surface area contributed by atoms with Gasteiger partial charge in [0.2, 0.25) is 0 Å². The third-order valence-electron chi connectivity index (χ3n) is 3.59. The van der Waals surface area contributed by atoms with E-state index in [2.05, 4.69) is 0 Å². The van der Waals surface area contributed by atoms with Gasteiger partial charge in [-0.05, 0) is 18.2 Å². The Bertz CT molecular complexity index is 552. The van der Waals surface area contributed by atoms with E-state index in [4.69, 9.17) is 9.47 Å². The van der Waals surface area contributed by atoms with Gasteiger partial charge in [0.25, 0.3) is 11.8 Å². The second kappa shape index (κ2) is 5.13. The number of morpholine rings is 1. The Morgan fingerprint density at radius 2 is 2.00 bits per heavy atom. The average Bonchev–Trinajstić information content (AvgIpc) is 2.51. The third-order valence-corrected chi connectivity index (χ3v) is 3.59. The number of nitrogens with zero attached hydrogens (tertiary/aromatic N) is 2. The predicted octanol–water partition coefficient (Wildman–Crippen LogP) is 0.514. The van der Waals surface area contributed by atoms with E-state index in [1.54, 1.807) is 30.1 Å². The lowest BCUT2D eigenvalue weighted by Crippen LogP contribution is -2.41. The van der Waals surface area contributed by atoms with Crippen LogP contribution in [0.2, 0.25) is 0 Å². The molecule has 0 N–H and O–H groups in total. The molecule has 0 saturated carbocycles.